The molecule has 1 aliphatic carbocycles. The number of nitrogens with zero attached hydrogens (tertiary/aromatic N) is 3. The number of benzene rings is 2. The summed E-state index contributed by atoms with van der Waals surface area (Å²) in [4.78, 5) is 22.4. The van der Waals surface area contributed by atoms with Gasteiger partial charge in [-0.3, -0.25) is 15.1 Å². The fourth-order valence-corrected chi connectivity index (χ4v) is 4.50. The van der Waals surface area contributed by atoms with E-state index in [4.69, 9.17) is 4.98 Å². The van der Waals surface area contributed by atoms with E-state index in [1.165, 1.54) is 0 Å². The minimum absolute atomic E-state index is 0.193. The van der Waals surface area contributed by atoms with Crippen LogP contribution in [0.3, 0.4) is 0 Å². The molecule has 162 valence electrons. The molecule has 1 aliphatic rings. The summed E-state index contributed by atoms with van der Waals surface area (Å²) < 4.78 is 2.14. The van der Waals surface area contributed by atoms with Crippen molar-refractivity contribution >= 4 is 22.9 Å². The monoisotopic (exact) mass is 426 g/mol. The molecule has 1 saturated carbocycles. The van der Waals surface area contributed by atoms with Crippen LogP contribution in [0.15, 0.2) is 66.9 Å². The summed E-state index contributed by atoms with van der Waals surface area (Å²) in [5, 5.41) is 13.0. The predicted molar refractivity (Wildman–Crippen MR) is 126 cm³/mol. The number of aromatic nitrogens is 3. The second-order valence-electron chi connectivity index (χ2n) is 8.51. The van der Waals surface area contributed by atoms with Crippen LogP contribution in [-0.4, -0.2) is 31.7 Å². The number of pyridine rings is 1. The molecule has 0 aliphatic heterocycles. The normalized spacial score (nSPS) is 18.6. The largest absolute Gasteiger partial charge is 0.393 e. The number of fused-ring (bicyclic) bond motifs is 1. The van der Waals surface area contributed by atoms with E-state index in [2.05, 4.69) is 27.0 Å². The first-order valence-corrected chi connectivity index (χ1v) is 11.1. The SMILES string of the molecule is Cc1ccc2c(c1)nc(NC(=O)c1ccnc(-c3ccccc3)c1)n2C1CCC(O)CC1. The van der Waals surface area contributed by atoms with Gasteiger partial charge in [-0.05, 0) is 62.4 Å². The average Bonchev–Trinajstić information content (AvgIpc) is 3.17. The van der Waals surface area contributed by atoms with Crippen LogP contribution in [-0.2, 0) is 0 Å². The zero-order chi connectivity index (χ0) is 22.1. The van der Waals surface area contributed by atoms with Gasteiger partial charge in [0.05, 0.1) is 22.8 Å². The third-order valence-corrected chi connectivity index (χ3v) is 6.19. The quantitative estimate of drug-likeness (QED) is 0.474. The van der Waals surface area contributed by atoms with Gasteiger partial charge in [0.1, 0.15) is 0 Å². The summed E-state index contributed by atoms with van der Waals surface area (Å²) in [7, 11) is 0. The van der Waals surface area contributed by atoms with Gasteiger partial charge in [-0.25, -0.2) is 4.98 Å². The van der Waals surface area contributed by atoms with Gasteiger partial charge in [-0.15, -0.1) is 0 Å². The Morgan fingerprint density at radius 3 is 2.59 bits per heavy atom. The van der Waals surface area contributed by atoms with Crippen LogP contribution >= 0.6 is 0 Å². The fraction of sp³-hybridized carbons (Fsp3) is 0.269. The third-order valence-electron chi connectivity index (χ3n) is 6.19. The zero-order valence-corrected chi connectivity index (χ0v) is 18.0. The van der Waals surface area contributed by atoms with Crippen LogP contribution in [0, 0.1) is 6.92 Å². The van der Waals surface area contributed by atoms with Crippen molar-refractivity contribution in [2.75, 3.05) is 5.32 Å². The van der Waals surface area contributed by atoms with E-state index in [0.29, 0.717) is 11.5 Å². The maximum atomic E-state index is 13.2. The van der Waals surface area contributed by atoms with Gasteiger partial charge < -0.3 is 9.67 Å². The molecule has 0 saturated heterocycles. The van der Waals surface area contributed by atoms with E-state index < -0.39 is 0 Å². The van der Waals surface area contributed by atoms with Crippen molar-refractivity contribution in [2.45, 2.75) is 44.8 Å². The number of hydrogen-bond acceptors (Lipinski definition) is 4. The van der Waals surface area contributed by atoms with Crippen molar-refractivity contribution in [3.8, 4) is 11.3 Å². The van der Waals surface area contributed by atoms with Crippen molar-refractivity contribution in [2.24, 2.45) is 0 Å². The molecule has 6 nitrogen and oxygen atoms in total. The van der Waals surface area contributed by atoms with E-state index in [1.54, 1.807) is 18.3 Å². The van der Waals surface area contributed by atoms with Crippen LogP contribution < -0.4 is 5.32 Å². The van der Waals surface area contributed by atoms with Gasteiger partial charge in [0.2, 0.25) is 5.95 Å². The summed E-state index contributed by atoms with van der Waals surface area (Å²) in [6.07, 6.45) is 4.65. The van der Waals surface area contributed by atoms with E-state index in [1.807, 2.05) is 43.3 Å². The summed E-state index contributed by atoms with van der Waals surface area (Å²) in [6, 6.07) is 19.7. The Morgan fingerprint density at radius 2 is 1.81 bits per heavy atom. The second kappa shape index (κ2) is 8.55. The number of aliphatic hydroxyl groups is 1. The molecular weight excluding hydrogens is 400 g/mol. The molecule has 0 unspecified atom stereocenters. The molecule has 0 bridgehead atoms. The van der Waals surface area contributed by atoms with Crippen molar-refractivity contribution in [1.82, 2.24) is 14.5 Å². The summed E-state index contributed by atoms with van der Waals surface area (Å²) in [6.45, 7) is 2.04. The first-order chi connectivity index (χ1) is 15.6. The standard InChI is InChI=1S/C26H26N4O2/c1-17-7-12-24-23(15-17)28-26(30(24)20-8-10-21(31)11-9-20)29-25(32)19-13-14-27-22(16-19)18-5-3-2-4-6-18/h2-7,12-16,20-21,31H,8-11H2,1H3,(H,28,29,32). The lowest BCUT2D eigenvalue weighted by atomic mass is 9.93. The molecule has 0 radical (unpaired) electrons. The summed E-state index contributed by atoms with van der Waals surface area (Å²) >= 11 is 0. The van der Waals surface area contributed by atoms with E-state index in [0.717, 1.165) is 53.5 Å². The molecule has 2 N–H and O–H groups in total. The van der Waals surface area contributed by atoms with Crippen molar-refractivity contribution in [1.29, 1.82) is 0 Å². The van der Waals surface area contributed by atoms with Gasteiger partial charge in [0.25, 0.3) is 5.91 Å². The van der Waals surface area contributed by atoms with Gasteiger partial charge >= 0.3 is 0 Å². The van der Waals surface area contributed by atoms with Gasteiger partial charge in [-0.2, -0.15) is 0 Å². The molecule has 1 amide bonds. The Labute approximate surface area is 187 Å². The average molecular weight is 427 g/mol. The number of amides is 1. The number of anilines is 1. The molecule has 2 aromatic carbocycles. The van der Waals surface area contributed by atoms with Crippen molar-refractivity contribution in [3.05, 3.63) is 78.0 Å². The number of carbonyl (C=O) groups is 1. The topological polar surface area (TPSA) is 80.0 Å². The highest BCUT2D eigenvalue weighted by atomic mass is 16.3. The lowest BCUT2D eigenvalue weighted by Gasteiger charge is -2.28. The van der Waals surface area contributed by atoms with Gasteiger partial charge in [0.15, 0.2) is 0 Å². The number of aryl methyl sites for hydroxylation is 1. The lowest BCUT2D eigenvalue weighted by Crippen LogP contribution is -2.23. The predicted octanol–water partition coefficient (Wildman–Crippen LogP) is 5.14. The smallest absolute Gasteiger partial charge is 0.258 e. The molecular formula is C26H26N4O2. The highest BCUT2D eigenvalue weighted by molar-refractivity contribution is 6.04. The maximum Gasteiger partial charge on any atom is 0.258 e. The number of carbonyl (C=O) groups excluding carboxylic acids is 1. The Kier molecular flexibility index (Phi) is 5.45. The summed E-state index contributed by atoms with van der Waals surface area (Å²) in [5.41, 5.74) is 5.25. The molecule has 0 atom stereocenters. The van der Waals surface area contributed by atoms with Gasteiger partial charge in [-0.1, -0.05) is 36.4 Å². The molecule has 2 heterocycles. The van der Waals surface area contributed by atoms with E-state index in [9.17, 15) is 9.90 Å². The van der Waals surface area contributed by atoms with Crippen molar-refractivity contribution < 1.29 is 9.90 Å². The molecule has 2 aromatic heterocycles. The minimum atomic E-state index is -0.241. The van der Waals surface area contributed by atoms with Crippen molar-refractivity contribution in [3.63, 3.8) is 0 Å². The number of aliphatic hydroxyl groups excluding tert-OH is 1. The molecule has 5 rings (SSSR count). The summed E-state index contributed by atoms with van der Waals surface area (Å²) in [5.74, 6) is 0.337. The number of rotatable bonds is 4. The molecule has 32 heavy (non-hydrogen) atoms. The lowest BCUT2D eigenvalue weighted by molar-refractivity contribution is 0.102. The zero-order valence-electron chi connectivity index (χ0n) is 18.0. The maximum absolute atomic E-state index is 13.2. The Hall–Kier alpha value is -3.51. The molecule has 4 aromatic rings. The molecule has 0 spiro atoms. The van der Waals surface area contributed by atoms with Crippen LogP contribution in [0.5, 0.6) is 0 Å². The first kappa shape index (κ1) is 20.4. The Bertz CT molecular complexity index is 1260. The van der Waals surface area contributed by atoms with Crippen LogP contribution in [0.25, 0.3) is 22.3 Å². The fourth-order valence-electron chi connectivity index (χ4n) is 4.50. The Morgan fingerprint density at radius 1 is 1.03 bits per heavy atom. The van der Waals surface area contributed by atoms with Crippen LogP contribution in [0.1, 0.15) is 47.6 Å². The van der Waals surface area contributed by atoms with E-state index in [-0.39, 0.29) is 18.1 Å². The van der Waals surface area contributed by atoms with Gasteiger partial charge in [0, 0.05) is 23.4 Å². The number of hydrogen-bond donors (Lipinski definition) is 2. The number of nitrogens with one attached hydrogen (secondary N) is 1. The van der Waals surface area contributed by atoms with E-state index >= 15 is 0 Å². The number of imidazole rings is 1. The highest BCUT2D eigenvalue weighted by Crippen LogP contribution is 2.35. The minimum Gasteiger partial charge on any atom is -0.393 e. The second-order valence-corrected chi connectivity index (χ2v) is 8.51. The molecule has 6 heteroatoms. The van der Waals surface area contributed by atoms with Crippen LogP contribution in [0.4, 0.5) is 5.95 Å². The molecule has 1 fully saturated rings. The Balaban J connectivity index is 1.49. The third kappa shape index (κ3) is 4.01. The van der Waals surface area contributed by atoms with Crippen LogP contribution in [0.2, 0.25) is 0 Å². The first-order valence-electron chi connectivity index (χ1n) is 11.1. The highest BCUT2D eigenvalue weighted by Gasteiger charge is 2.26.